The normalized spacial score (nSPS) is 19.5. The van der Waals surface area contributed by atoms with Gasteiger partial charge in [-0.2, -0.15) is 0 Å². The van der Waals surface area contributed by atoms with Crippen LogP contribution in [0, 0.1) is 11.7 Å². The van der Waals surface area contributed by atoms with Gasteiger partial charge in [-0.25, -0.2) is 4.39 Å². The largest absolute Gasteiger partial charge is 0.312 e. The Hall–Kier alpha value is -0.410. The maximum atomic E-state index is 13.1. The Kier molecular flexibility index (Phi) is 2.15. The van der Waals surface area contributed by atoms with Crippen LogP contribution in [0.1, 0.15) is 23.8 Å². The molecule has 2 rings (SSSR count). The third kappa shape index (κ3) is 1.39. The molecule has 1 aliphatic rings. The Morgan fingerprint density at radius 3 is 2.83 bits per heavy atom. The van der Waals surface area contributed by atoms with Crippen LogP contribution in [0.3, 0.4) is 0 Å². The molecule has 1 saturated carbocycles. The zero-order chi connectivity index (χ0) is 8.55. The lowest BCUT2D eigenvalue weighted by atomic mass is 10.1. The summed E-state index contributed by atoms with van der Waals surface area (Å²) in [4.78, 5) is 0.875. The van der Waals surface area contributed by atoms with Crippen molar-refractivity contribution in [2.45, 2.75) is 18.9 Å². The summed E-state index contributed by atoms with van der Waals surface area (Å²) in [5.74, 6) is 0.620. The Bertz CT molecular complexity index is 267. The Labute approximate surface area is 75.6 Å². The Balaban J connectivity index is 2.20. The van der Waals surface area contributed by atoms with Crippen LogP contribution in [-0.4, -0.2) is 7.05 Å². The number of halogens is 1. The highest BCUT2D eigenvalue weighted by atomic mass is 32.1. The molecule has 1 aromatic rings. The second-order valence-corrected chi connectivity index (χ2v) is 4.18. The first kappa shape index (κ1) is 8.20. The molecule has 1 fully saturated rings. The third-order valence-corrected chi connectivity index (χ3v) is 3.31. The summed E-state index contributed by atoms with van der Waals surface area (Å²) >= 11 is 1.51. The number of hydrogen-bond donors (Lipinski definition) is 1. The van der Waals surface area contributed by atoms with E-state index in [0.717, 1.165) is 4.88 Å². The van der Waals surface area contributed by atoms with E-state index >= 15 is 0 Å². The molecule has 0 amide bonds. The molecule has 1 atom stereocenters. The first-order chi connectivity index (χ1) is 5.83. The summed E-state index contributed by atoms with van der Waals surface area (Å²) in [5, 5.41) is 4.99. The second-order valence-electron chi connectivity index (χ2n) is 3.24. The van der Waals surface area contributed by atoms with Crippen molar-refractivity contribution in [3.05, 3.63) is 22.1 Å². The van der Waals surface area contributed by atoms with Crippen molar-refractivity contribution in [1.82, 2.24) is 5.32 Å². The molecule has 12 heavy (non-hydrogen) atoms. The summed E-state index contributed by atoms with van der Waals surface area (Å²) in [6, 6.07) is 1.80. The molecule has 0 aromatic carbocycles. The van der Waals surface area contributed by atoms with E-state index in [4.69, 9.17) is 0 Å². The van der Waals surface area contributed by atoms with Crippen LogP contribution in [0.15, 0.2) is 11.4 Å². The van der Waals surface area contributed by atoms with Gasteiger partial charge in [-0.15, -0.1) is 11.3 Å². The van der Waals surface area contributed by atoms with Crippen molar-refractivity contribution in [2.75, 3.05) is 7.05 Å². The van der Waals surface area contributed by atoms with E-state index < -0.39 is 0 Å². The molecule has 1 nitrogen and oxygen atoms in total. The van der Waals surface area contributed by atoms with E-state index in [9.17, 15) is 4.39 Å². The van der Waals surface area contributed by atoms with Gasteiger partial charge in [0.1, 0.15) is 5.82 Å². The average molecular weight is 185 g/mol. The Morgan fingerprint density at radius 1 is 1.67 bits per heavy atom. The van der Waals surface area contributed by atoms with Gasteiger partial charge in [0.25, 0.3) is 0 Å². The van der Waals surface area contributed by atoms with E-state index in [2.05, 4.69) is 5.32 Å². The minimum absolute atomic E-state index is 0.0498. The highest BCUT2D eigenvalue weighted by Crippen LogP contribution is 2.42. The monoisotopic (exact) mass is 185 g/mol. The standard InChI is InChI=1S/C9H12FNS/c1-11-8(6-2-3-6)9-7(10)4-5-12-9/h4-6,8,11H,2-3H2,1H3. The molecule has 1 N–H and O–H groups in total. The van der Waals surface area contributed by atoms with Gasteiger partial charge in [0, 0.05) is 6.04 Å². The first-order valence-electron chi connectivity index (χ1n) is 4.23. The van der Waals surface area contributed by atoms with Gasteiger partial charge in [0.2, 0.25) is 0 Å². The lowest BCUT2D eigenvalue weighted by Gasteiger charge is -2.12. The summed E-state index contributed by atoms with van der Waals surface area (Å²) in [5.41, 5.74) is 0. The molecule has 3 heteroatoms. The molecular formula is C9H12FNS. The molecule has 1 unspecified atom stereocenters. The van der Waals surface area contributed by atoms with Crippen LogP contribution in [-0.2, 0) is 0 Å². The quantitative estimate of drug-likeness (QED) is 0.763. The van der Waals surface area contributed by atoms with E-state index in [-0.39, 0.29) is 11.9 Å². The zero-order valence-electron chi connectivity index (χ0n) is 7.01. The van der Waals surface area contributed by atoms with Crippen LogP contribution >= 0.6 is 11.3 Å². The fourth-order valence-corrected chi connectivity index (χ4v) is 2.51. The van der Waals surface area contributed by atoms with Crippen molar-refractivity contribution in [3.8, 4) is 0 Å². The van der Waals surface area contributed by atoms with Gasteiger partial charge in [0.15, 0.2) is 0 Å². The van der Waals surface area contributed by atoms with Crippen LogP contribution in [0.4, 0.5) is 4.39 Å². The molecule has 0 spiro atoms. The summed E-state index contributed by atoms with van der Waals surface area (Å²) in [7, 11) is 1.90. The summed E-state index contributed by atoms with van der Waals surface area (Å²) in [6.07, 6.45) is 2.48. The molecule has 1 aromatic heterocycles. The fraction of sp³-hybridized carbons (Fsp3) is 0.556. The summed E-state index contributed by atoms with van der Waals surface area (Å²) < 4.78 is 13.1. The number of rotatable bonds is 3. The van der Waals surface area contributed by atoms with Crippen LogP contribution in [0.5, 0.6) is 0 Å². The lowest BCUT2D eigenvalue weighted by Crippen LogP contribution is -2.17. The van der Waals surface area contributed by atoms with Gasteiger partial charge in [-0.05, 0) is 37.3 Å². The highest BCUT2D eigenvalue weighted by Gasteiger charge is 2.33. The second kappa shape index (κ2) is 3.15. The Morgan fingerprint density at radius 2 is 2.42 bits per heavy atom. The van der Waals surface area contributed by atoms with E-state index in [1.165, 1.54) is 24.2 Å². The minimum atomic E-state index is -0.0498. The van der Waals surface area contributed by atoms with Crippen molar-refractivity contribution < 1.29 is 4.39 Å². The number of thiophene rings is 1. The molecule has 66 valence electrons. The summed E-state index contributed by atoms with van der Waals surface area (Å²) in [6.45, 7) is 0. The zero-order valence-corrected chi connectivity index (χ0v) is 7.83. The average Bonchev–Trinajstić information content (AvgIpc) is 2.80. The van der Waals surface area contributed by atoms with Crippen molar-refractivity contribution in [2.24, 2.45) is 5.92 Å². The molecule has 1 aliphatic carbocycles. The first-order valence-corrected chi connectivity index (χ1v) is 5.11. The molecule has 0 bridgehead atoms. The van der Waals surface area contributed by atoms with Gasteiger partial charge in [-0.3, -0.25) is 0 Å². The number of hydrogen-bond acceptors (Lipinski definition) is 2. The lowest BCUT2D eigenvalue weighted by molar-refractivity contribution is 0.504. The van der Waals surface area contributed by atoms with Crippen LogP contribution in [0.25, 0.3) is 0 Å². The fourth-order valence-electron chi connectivity index (χ4n) is 1.54. The maximum absolute atomic E-state index is 13.1. The minimum Gasteiger partial charge on any atom is -0.312 e. The molecule has 0 aliphatic heterocycles. The smallest absolute Gasteiger partial charge is 0.138 e. The molecular weight excluding hydrogens is 173 g/mol. The van der Waals surface area contributed by atoms with Gasteiger partial charge >= 0.3 is 0 Å². The predicted octanol–water partition coefficient (Wildman–Crippen LogP) is 2.56. The van der Waals surface area contributed by atoms with Gasteiger partial charge in [0.05, 0.1) is 4.88 Å². The van der Waals surface area contributed by atoms with E-state index in [0.29, 0.717) is 5.92 Å². The van der Waals surface area contributed by atoms with Crippen LogP contribution in [0.2, 0.25) is 0 Å². The maximum Gasteiger partial charge on any atom is 0.138 e. The van der Waals surface area contributed by atoms with Crippen molar-refractivity contribution in [3.63, 3.8) is 0 Å². The van der Waals surface area contributed by atoms with E-state index in [1.54, 1.807) is 6.07 Å². The van der Waals surface area contributed by atoms with Crippen molar-refractivity contribution >= 4 is 11.3 Å². The van der Waals surface area contributed by atoms with Gasteiger partial charge in [-0.1, -0.05) is 0 Å². The highest BCUT2D eigenvalue weighted by molar-refractivity contribution is 7.10. The van der Waals surface area contributed by atoms with Crippen molar-refractivity contribution in [1.29, 1.82) is 0 Å². The number of nitrogens with one attached hydrogen (secondary N) is 1. The van der Waals surface area contributed by atoms with Gasteiger partial charge < -0.3 is 5.32 Å². The third-order valence-electron chi connectivity index (χ3n) is 2.33. The SMILES string of the molecule is CNC(c1sccc1F)C1CC1. The van der Waals surface area contributed by atoms with Crippen LogP contribution < -0.4 is 5.32 Å². The van der Waals surface area contributed by atoms with E-state index in [1.807, 2.05) is 12.4 Å². The molecule has 0 saturated heterocycles. The predicted molar refractivity (Wildman–Crippen MR) is 48.8 cm³/mol. The molecule has 0 radical (unpaired) electrons. The molecule has 1 heterocycles. The topological polar surface area (TPSA) is 12.0 Å².